The summed E-state index contributed by atoms with van der Waals surface area (Å²) in [5.74, 6) is -0.715. The lowest BCUT2D eigenvalue weighted by Gasteiger charge is -2.07. The van der Waals surface area contributed by atoms with Gasteiger partial charge in [0.2, 0.25) is 0 Å². The Bertz CT molecular complexity index is 732. The molecule has 0 saturated carbocycles. The van der Waals surface area contributed by atoms with Crippen LogP contribution in [-0.2, 0) is 26.1 Å². The second kappa shape index (κ2) is 8.98. The molecule has 0 heterocycles. The Morgan fingerprint density at radius 2 is 1.75 bits per heavy atom. The number of carbonyl (C=O) groups is 2. The largest absolute Gasteiger partial charge is 0.347 e. The predicted molar refractivity (Wildman–Crippen MR) is 96.0 cm³/mol. The lowest BCUT2D eigenvalue weighted by molar-refractivity contribution is -0.136. The van der Waals surface area contributed by atoms with Gasteiger partial charge in [-0.05, 0) is 30.2 Å². The number of amides is 2. The smallest absolute Gasteiger partial charge is 0.313 e. The number of hydrogen-bond acceptors (Lipinski definition) is 3. The van der Waals surface area contributed by atoms with Gasteiger partial charge in [0.25, 0.3) is 0 Å². The molecular formula is C18H20N2O3S. The summed E-state index contributed by atoms with van der Waals surface area (Å²) < 4.78 is 12.0. The minimum atomic E-state index is -1.09. The van der Waals surface area contributed by atoms with Crippen molar-refractivity contribution in [2.24, 2.45) is 0 Å². The number of hydrogen-bond donors (Lipinski definition) is 2. The Balaban J connectivity index is 1.72. The molecule has 0 saturated heterocycles. The predicted octanol–water partition coefficient (Wildman–Crippen LogP) is 2.00. The van der Waals surface area contributed by atoms with Crippen LogP contribution in [0.5, 0.6) is 0 Å². The molecule has 1 atom stereocenters. The van der Waals surface area contributed by atoms with Crippen LogP contribution in [0.3, 0.4) is 0 Å². The molecule has 0 unspecified atom stereocenters. The van der Waals surface area contributed by atoms with Gasteiger partial charge in [0.05, 0.1) is 0 Å². The van der Waals surface area contributed by atoms with Crippen LogP contribution >= 0.6 is 0 Å². The van der Waals surface area contributed by atoms with E-state index in [1.807, 2.05) is 43.3 Å². The summed E-state index contributed by atoms with van der Waals surface area (Å²) in [6, 6.07) is 16.7. The topological polar surface area (TPSA) is 75.3 Å². The average molecular weight is 344 g/mol. The monoisotopic (exact) mass is 344 g/mol. The van der Waals surface area contributed by atoms with Crippen molar-refractivity contribution in [2.75, 3.05) is 17.6 Å². The lowest BCUT2D eigenvalue weighted by atomic mass is 10.2. The summed E-state index contributed by atoms with van der Waals surface area (Å²) in [6.07, 6.45) is 0. The molecule has 0 aliphatic heterocycles. The number of nitrogens with one attached hydrogen (secondary N) is 2. The molecular weight excluding hydrogens is 324 g/mol. The van der Waals surface area contributed by atoms with E-state index in [1.54, 1.807) is 18.2 Å². The Hall–Kier alpha value is -2.47. The number of rotatable bonds is 6. The molecule has 24 heavy (non-hydrogen) atoms. The number of benzene rings is 2. The molecule has 0 aromatic heterocycles. The van der Waals surface area contributed by atoms with Crippen molar-refractivity contribution in [3.63, 3.8) is 0 Å². The van der Waals surface area contributed by atoms with Crippen LogP contribution in [0.15, 0.2) is 54.6 Å². The first-order valence-corrected chi connectivity index (χ1v) is 9.08. The number of aryl methyl sites for hydroxylation is 1. The van der Waals surface area contributed by atoms with Gasteiger partial charge in [-0.3, -0.25) is 13.8 Å². The fourth-order valence-corrected chi connectivity index (χ4v) is 3.14. The van der Waals surface area contributed by atoms with Gasteiger partial charge in [-0.1, -0.05) is 42.5 Å². The molecule has 2 N–H and O–H groups in total. The Kier molecular flexibility index (Phi) is 6.69. The van der Waals surface area contributed by atoms with Crippen LogP contribution in [0, 0.1) is 6.92 Å². The van der Waals surface area contributed by atoms with Crippen molar-refractivity contribution in [1.29, 1.82) is 0 Å². The van der Waals surface area contributed by atoms with Crippen molar-refractivity contribution in [2.45, 2.75) is 12.7 Å². The zero-order valence-corrected chi connectivity index (χ0v) is 14.3. The van der Waals surface area contributed by atoms with Crippen LogP contribution in [0.4, 0.5) is 5.69 Å². The molecule has 0 aliphatic carbocycles. The van der Waals surface area contributed by atoms with Crippen molar-refractivity contribution in [1.82, 2.24) is 5.32 Å². The second-order valence-corrected chi connectivity index (χ2v) is 6.93. The summed E-state index contributed by atoms with van der Waals surface area (Å²) in [6.45, 7) is 2.09. The minimum absolute atomic E-state index is 0.194. The maximum atomic E-state index is 12.0. The highest BCUT2D eigenvalue weighted by molar-refractivity contribution is 7.84. The van der Waals surface area contributed by atoms with Crippen molar-refractivity contribution >= 4 is 28.3 Å². The zero-order valence-electron chi connectivity index (χ0n) is 13.5. The average Bonchev–Trinajstić information content (AvgIpc) is 2.55. The van der Waals surface area contributed by atoms with E-state index in [9.17, 15) is 13.8 Å². The Morgan fingerprint density at radius 3 is 2.46 bits per heavy atom. The van der Waals surface area contributed by atoms with Crippen LogP contribution in [0.2, 0.25) is 0 Å². The van der Waals surface area contributed by atoms with Gasteiger partial charge in [-0.15, -0.1) is 0 Å². The minimum Gasteiger partial charge on any atom is -0.347 e. The molecule has 0 fully saturated rings. The molecule has 2 aromatic carbocycles. The first-order chi connectivity index (χ1) is 11.5. The Morgan fingerprint density at radius 1 is 1.00 bits per heavy atom. The van der Waals surface area contributed by atoms with Crippen molar-refractivity contribution in [3.8, 4) is 0 Å². The van der Waals surface area contributed by atoms with E-state index in [-0.39, 0.29) is 6.54 Å². The summed E-state index contributed by atoms with van der Waals surface area (Å²) in [7, 11) is -1.09. The first-order valence-electron chi connectivity index (χ1n) is 7.59. The highest BCUT2D eigenvalue weighted by atomic mass is 32.2. The first kappa shape index (κ1) is 17.9. The molecule has 0 radical (unpaired) electrons. The normalized spacial score (nSPS) is 11.5. The van der Waals surface area contributed by atoms with Crippen LogP contribution in [0.1, 0.15) is 11.1 Å². The fraction of sp³-hybridized carbons (Fsp3) is 0.222. The number of anilines is 1. The zero-order chi connectivity index (χ0) is 17.4. The van der Waals surface area contributed by atoms with E-state index in [2.05, 4.69) is 10.6 Å². The van der Waals surface area contributed by atoms with E-state index in [4.69, 9.17) is 0 Å². The van der Waals surface area contributed by atoms with Gasteiger partial charge >= 0.3 is 11.8 Å². The van der Waals surface area contributed by atoms with Gasteiger partial charge in [0.15, 0.2) is 0 Å². The lowest BCUT2D eigenvalue weighted by Crippen LogP contribution is -2.37. The van der Waals surface area contributed by atoms with Gasteiger partial charge in [-0.25, -0.2) is 0 Å². The quantitative estimate of drug-likeness (QED) is 0.787. The van der Waals surface area contributed by atoms with E-state index >= 15 is 0 Å². The third-order valence-corrected chi connectivity index (χ3v) is 4.58. The molecule has 126 valence electrons. The van der Waals surface area contributed by atoms with Gasteiger partial charge in [-0.2, -0.15) is 0 Å². The number of carbonyl (C=O) groups excluding carboxylic acids is 2. The highest BCUT2D eigenvalue weighted by Gasteiger charge is 2.13. The summed E-state index contributed by atoms with van der Waals surface area (Å²) in [4.78, 5) is 23.5. The summed E-state index contributed by atoms with van der Waals surface area (Å²) >= 11 is 0. The van der Waals surface area contributed by atoms with Crippen LogP contribution in [0.25, 0.3) is 0 Å². The molecule has 5 nitrogen and oxygen atoms in total. The maximum absolute atomic E-state index is 12.0. The van der Waals surface area contributed by atoms with Crippen LogP contribution < -0.4 is 10.6 Å². The van der Waals surface area contributed by atoms with E-state index in [1.165, 1.54) is 0 Å². The SMILES string of the molecule is Cc1cccc(NC(=O)C(=O)NCC[S@@](=O)Cc2ccccc2)c1. The standard InChI is InChI=1S/C18H20N2O3S/c1-14-6-5-9-16(12-14)20-18(22)17(21)19-10-11-24(23)13-15-7-3-2-4-8-15/h2-9,12H,10-11,13H2,1H3,(H,19,21)(H,20,22)/t24-/m1/s1. The maximum Gasteiger partial charge on any atom is 0.313 e. The molecule has 0 aliphatic rings. The third-order valence-electron chi connectivity index (χ3n) is 3.27. The highest BCUT2D eigenvalue weighted by Crippen LogP contribution is 2.09. The van der Waals surface area contributed by atoms with Gasteiger partial charge in [0.1, 0.15) is 0 Å². The van der Waals surface area contributed by atoms with Gasteiger partial charge in [0, 0.05) is 34.5 Å². The molecule has 6 heteroatoms. The summed E-state index contributed by atoms with van der Waals surface area (Å²) in [5, 5.41) is 5.02. The van der Waals surface area contributed by atoms with E-state index in [0.29, 0.717) is 17.2 Å². The van der Waals surface area contributed by atoms with E-state index < -0.39 is 22.6 Å². The third kappa shape index (κ3) is 5.96. The molecule has 0 bridgehead atoms. The molecule has 2 rings (SSSR count). The van der Waals surface area contributed by atoms with Crippen LogP contribution in [-0.4, -0.2) is 28.3 Å². The molecule has 2 amide bonds. The van der Waals surface area contributed by atoms with E-state index in [0.717, 1.165) is 11.1 Å². The molecule has 0 spiro atoms. The van der Waals surface area contributed by atoms with Crippen molar-refractivity contribution < 1.29 is 13.8 Å². The Labute approximate surface area is 143 Å². The van der Waals surface area contributed by atoms with Crippen molar-refractivity contribution in [3.05, 3.63) is 65.7 Å². The van der Waals surface area contributed by atoms with Gasteiger partial charge < -0.3 is 10.6 Å². The molecule has 2 aromatic rings. The fourth-order valence-electron chi connectivity index (χ4n) is 2.10. The summed E-state index contributed by atoms with van der Waals surface area (Å²) in [5.41, 5.74) is 2.55. The second-order valence-electron chi connectivity index (χ2n) is 5.35.